The minimum Gasteiger partial charge on any atom is -0.352 e. The standard InChI is InChI=1S/C18H18F4N2O.ClH/c1-11(9-23)10-24-17(25)16-8-14(19)5-6-15(16)12-3-2-4-13(7-12)18(20,21)22;/h2-8,11H,9-10,23H2,1H3,(H,24,25);1H. The Morgan fingerprint density at radius 1 is 1.19 bits per heavy atom. The highest BCUT2D eigenvalue weighted by atomic mass is 35.5. The van der Waals surface area contributed by atoms with Gasteiger partial charge in [-0.3, -0.25) is 4.79 Å². The molecule has 0 aliphatic carbocycles. The third kappa shape index (κ3) is 5.44. The highest BCUT2D eigenvalue weighted by molar-refractivity contribution is 6.01. The summed E-state index contributed by atoms with van der Waals surface area (Å²) in [4.78, 5) is 12.4. The molecule has 2 rings (SSSR count). The van der Waals surface area contributed by atoms with Gasteiger partial charge in [-0.05, 0) is 47.9 Å². The van der Waals surface area contributed by atoms with Crippen molar-refractivity contribution in [2.75, 3.05) is 13.1 Å². The largest absolute Gasteiger partial charge is 0.416 e. The van der Waals surface area contributed by atoms with Crippen molar-refractivity contribution >= 4 is 18.3 Å². The smallest absolute Gasteiger partial charge is 0.352 e. The topological polar surface area (TPSA) is 55.1 Å². The maximum absolute atomic E-state index is 13.6. The molecule has 3 nitrogen and oxygen atoms in total. The van der Waals surface area contributed by atoms with Crippen LogP contribution in [0.1, 0.15) is 22.8 Å². The van der Waals surface area contributed by atoms with Crippen molar-refractivity contribution in [2.45, 2.75) is 13.1 Å². The second-order valence-electron chi connectivity index (χ2n) is 5.82. The molecule has 8 heteroatoms. The van der Waals surface area contributed by atoms with Gasteiger partial charge in [0.2, 0.25) is 0 Å². The van der Waals surface area contributed by atoms with Crippen LogP contribution in [0.4, 0.5) is 17.6 Å². The van der Waals surface area contributed by atoms with Gasteiger partial charge in [0.1, 0.15) is 5.82 Å². The monoisotopic (exact) mass is 390 g/mol. The lowest BCUT2D eigenvalue weighted by Crippen LogP contribution is -2.31. The number of hydrogen-bond acceptors (Lipinski definition) is 2. The van der Waals surface area contributed by atoms with E-state index in [2.05, 4.69) is 5.32 Å². The molecule has 0 saturated carbocycles. The molecule has 0 saturated heterocycles. The Balaban J connectivity index is 0.00000338. The number of alkyl halides is 3. The van der Waals surface area contributed by atoms with E-state index in [4.69, 9.17) is 5.73 Å². The van der Waals surface area contributed by atoms with Crippen LogP contribution in [0.5, 0.6) is 0 Å². The van der Waals surface area contributed by atoms with E-state index in [9.17, 15) is 22.4 Å². The predicted molar refractivity (Wildman–Crippen MR) is 94.6 cm³/mol. The molecule has 3 N–H and O–H groups in total. The highest BCUT2D eigenvalue weighted by Crippen LogP contribution is 2.33. The molecule has 0 fully saturated rings. The van der Waals surface area contributed by atoms with E-state index in [1.165, 1.54) is 18.2 Å². The summed E-state index contributed by atoms with van der Waals surface area (Å²) in [5.41, 5.74) is 5.04. The first kappa shape index (κ1) is 21.9. The van der Waals surface area contributed by atoms with Gasteiger partial charge in [-0.25, -0.2) is 4.39 Å². The van der Waals surface area contributed by atoms with Crippen molar-refractivity contribution in [3.8, 4) is 11.1 Å². The summed E-state index contributed by atoms with van der Waals surface area (Å²) in [6.07, 6.45) is -4.50. The van der Waals surface area contributed by atoms with Crippen LogP contribution >= 0.6 is 12.4 Å². The summed E-state index contributed by atoms with van der Waals surface area (Å²) in [7, 11) is 0. The van der Waals surface area contributed by atoms with E-state index in [0.29, 0.717) is 6.54 Å². The lowest BCUT2D eigenvalue weighted by molar-refractivity contribution is -0.137. The first-order valence-electron chi connectivity index (χ1n) is 7.68. The first-order valence-corrected chi connectivity index (χ1v) is 7.68. The molecule has 0 radical (unpaired) electrons. The number of carbonyl (C=O) groups is 1. The van der Waals surface area contributed by atoms with Crippen LogP contribution in [-0.2, 0) is 6.18 Å². The molecule has 0 aliphatic heterocycles. The molecule has 0 spiro atoms. The molecule has 1 atom stereocenters. The number of nitrogens with one attached hydrogen (secondary N) is 1. The van der Waals surface area contributed by atoms with Crippen LogP contribution in [0.25, 0.3) is 11.1 Å². The average Bonchev–Trinajstić information content (AvgIpc) is 2.58. The van der Waals surface area contributed by atoms with Gasteiger partial charge in [-0.2, -0.15) is 13.2 Å². The summed E-state index contributed by atoms with van der Waals surface area (Å²) in [6, 6.07) is 7.99. The molecule has 0 bridgehead atoms. The minimum absolute atomic E-state index is 0. The van der Waals surface area contributed by atoms with Crippen molar-refractivity contribution in [3.05, 3.63) is 59.4 Å². The van der Waals surface area contributed by atoms with Crippen molar-refractivity contribution < 1.29 is 22.4 Å². The Morgan fingerprint density at radius 3 is 2.50 bits per heavy atom. The second kappa shape index (κ2) is 9.00. The molecule has 2 aromatic carbocycles. The van der Waals surface area contributed by atoms with Gasteiger partial charge in [0.25, 0.3) is 5.91 Å². The Labute approximate surface area is 155 Å². The van der Waals surface area contributed by atoms with Crippen molar-refractivity contribution in [3.63, 3.8) is 0 Å². The Kier molecular flexibility index (Phi) is 7.59. The minimum atomic E-state index is -4.50. The van der Waals surface area contributed by atoms with Gasteiger partial charge in [-0.15, -0.1) is 12.4 Å². The SMILES string of the molecule is CC(CN)CNC(=O)c1cc(F)ccc1-c1cccc(C(F)(F)F)c1.Cl. The number of hydrogen-bond donors (Lipinski definition) is 2. The van der Waals surface area contributed by atoms with Gasteiger partial charge in [0.05, 0.1) is 11.1 Å². The zero-order valence-electron chi connectivity index (χ0n) is 13.9. The lowest BCUT2D eigenvalue weighted by Gasteiger charge is -2.14. The summed E-state index contributed by atoms with van der Waals surface area (Å²) in [5.74, 6) is -1.19. The van der Waals surface area contributed by atoms with E-state index in [-0.39, 0.29) is 41.6 Å². The summed E-state index contributed by atoms with van der Waals surface area (Å²) in [5, 5.41) is 2.62. The van der Waals surface area contributed by atoms with Crippen LogP contribution in [0, 0.1) is 11.7 Å². The maximum Gasteiger partial charge on any atom is 0.416 e. The number of carbonyl (C=O) groups excluding carboxylic acids is 1. The molecule has 26 heavy (non-hydrogen) atoms. The van der Waals surface area contributed by atoms with Gasteiger partial charge in [0.15, 0.2) is 0 Å². The molecule has 1 amide bonds. The Bertz CT molecular complexity index is 765. The predicted octanol–water partition coefficient (Wildman–Crippen LogP) is 4.26. The van der Waals surface area contributed by atoms with E-state index in [0.717, 1.165) is 24.3 Å². The van der Waals surface area contributed by atoms with E-state index < -0.39 is 23.5 Å². The van der Waals surface area contributed by atoms with Crippen molar-refractivity contribution in [1.29, 1.82) is 0 Å². The molecule has 0 aromatic heterocycles. The molecule has 2 aromatic rings. The van der Waals surface area contributed by atoms with E-state index >= 15 is 0 Å². The maximum atomic E-state index is 13.6. The van der Waals surface area contributed by atoms with Crippen LogP contribution in [0.2, 0.25) is 0 Å². The zero-order chi connectivity index (χ0) is 18.6. The quantitative estimate of drug-likeness (QED) is 0.749. The van der Waals surface area contributed by atoms with Gasteiger partial charge in [-0.1, -0.05) is 25.1 Å². The molecule has 0 aliphatic rings. The third-order valence-electron chi connectivity index (χ3n) is 3.74. The van der Waals surface area contributed by atoms with Crippen molar-refractivity contribution in [2.24, 2.45) is 11.7 Å². The second-order valence-corrected chi connectivity index (χ2v) is 5.82. The number of benzene rings is 2. The van der Waals surface area contributed by atoms with Crippen LogP contribution in [-0.4, -0.2) is 19.0 Å². The summed E-state index contributed by atoms with van der Waals surface area (Å²) >= 11 is 0. The van der Waals surface area contributed by atoms with Gasteiger partial charge >= 0.3 is 6.18 Å². The first-order chi connectivity index (χ1) is 11.7. The number of rotatable bonds is 5. The summed E-state index contributed by atoms with van der Waals surface area (Å²) in [6.45, 7) is 2.48. The van der Waals surface area contributed by atoms with Crippen LogP contribution < -0.4 is 11.1 Å². The summed E-state index contributed by atoms with van der Waals surface area (Å²) < 4.78 is 52.3. The third-order valence-corrected chi connectivity index (χ3v) is 3.74. The average molecular weight is 391 g/mol. The molecule has 1 unspecified atom stereocenters. The molecular formula is C18H19ClF4N2O. The fourth-order valence-electron chi connectivity index (χ4n) is 2.26. The number of nitrogens with two attached hydrogens (primary N) is 1. The van der Waals surface area contributed by atoms with E-state index in [1.54, 1.807) is 0 Å². The zero-order valence-corrected chi connectivity index (χ0v) is 14.8. The fourth-order valence-corrected chi connectivity index (χ4v) is 2.26. The van der Waals surface area contributed by atoms with Crippen LogP contribution in [0.3, 0.4) is 0 Å². The molecule has 0 heterocycles. The van der Waals surface area contributed by atoms with Gasteiger partial charge in [0, 0.05) is 6.54 Å². The molecule has 142 valence electrons. The lowest BCUT2D eigenvalue weighted by atomic mass is 9.97. The number of amides is 1. The van der Waals surface area contributed by atoms with Gasteiger partial charge < -0.3 is 11.1 Å². The molecular weight excluding hydrogens is 372 g/mol. The van der Waals surface area contributed by atoms with E-state index in [1.807, 2.05) is 6.92 Å². The highest BCUT2D eigenvalue weighted by Gasteiger charge is 2.30. The fraction of sp³-hybridized carbons (Fsp3) is 0.278. The normalized spacial score (nSPS) is 12.2. The Morgan fingerprint density at radius 2 is 1.88 bits per heavy atom. The number of halogens is 5. The Hall–Kier alpha value is -2.12. The van der Waals surface area contributed by atoms with Crippen molar-refractivity contribution in [1.82, 2.24) is 5.32 Å². The van der Waals surface area contributed by atoms with Crippen LogP contribution in [0.15, 0.2) is 42.5 Å².